The minimum absolute atomic E-state index is 0.572. The quantitative estimate of drug-likeness (QED) is 0.861. The van der Waals surface area contributed by atoms with Gasteiger partial charge < -0.3 is 10.1 Å². The molecule has 0 amide bonds. The van der Waals surface area contributed by atoms with Crippen LogP contribution in [-0.4, -0.2) is 6.04 Å². The Kier molecular flexibility index (Phi) is 4.24. The lowest BCUT2D eigenvalue weighted by atomic mass is 10.1. The molecule has 1 N–H and O–H groups in total. The lowest BCUT2D eigenvalue weighted by Gasteiger charge is -2.12. The molecular formula is C17H18ClNO. The van der Waals surface area contributed by atoms with E-state index in [0.29, 0.717) is 11.6 Å². The zero-order valence-corrected chi connectivity index (χ0v) is 12.1. The summed E-state index contributed by atoms with van der Waals surface area (Å²) in [6.07, 6.45) is 2.61. The van der Waals surface area contributed by atoms with Crippen LogP contribution >= 0.6 is 11.6 Å². The van der Waals surface area contributed by atoms with Crippen molar-refractivity contribution in [2.24, 2.45) is 0 Å². The predicted molar refractivity (Wildman–Crippen MR) is 82.1 cm³/mol. The first kappa shape index (κ1) is 13.5. The van der Waals surface area contributed by atoms with Crippen LogP contribution in [0.4, 0.5) is 0 Å². The van der Waals surface area contributed by atoms with Crippen LogP contribution in [0, 0.1) is 0 Å². The molecule has 1 aliphatic rings. The Balaban J connectivity index is 1.63. The van der Waals surface area contributed by atoms with Crippen molar-refractivity contribution in [2.45, 2.75) is 32.0 Å². The van der Waals surface area contributed by atoms with Gasteiger partial charge in [-0.2, -0.15) is 0 Å². The number of hydrogen-bond donors (Lipinski definition) is 1. The van der Waals surface area contributed by atoms with E-state index in [-0.39, 0.29) is 0 Å². The minimum atomic E-state index is 0.572. The van der Waals surface area contributed by atoms with Crippen LogP contribution in [0.25, 0.3) is 0 Å². The summed E-state index contributed by atoms with van der Waals surface area (Å²) in [5.41, 5.74) is 2.53. The topological polar surface area (TPSA) is 21.3 Å². The summed E-state index contributed by atoms with van der Waals surface area (Å²) in [5.74, 6) is 0.808. The Bertz CT molecular complexity index is 581. The lowest BCUT2D eigenvalue weighted by Crippen LogP contribution is -2.16. The average Bonchev–Trinajstić information content (AvgIpc) is 3.28. The fraction of sp³-hybridized carbons (Fsp3) is 0.294. The van der Waals surface area contributed by atoms with Crippen molar-refractivity contribution in [2.75, 3.05) is 0 Å². The van der Waals surface area contributed by atoms with E-state index in [1.807, 2.05) is 24.3 Å². The molecule has 2 aromatic carbocycles. The van der Waals surface area contributed by atoms with Crippen LogP contribution < -0.4 is 10.1 Å². The second-order valence-corrected chi connectivity index (χ2v) is 5.61. The standard InChI is InChI=1S/C17H18ClNO/c18-15-6-3-7-17(10-15)20-12-14-5-2-1-4-13(14)11-19-16-8-9-16/h1-7,10,16,19H,8-9,11-12H2. The van der Waals surface area contributed by atoms with Gasteiger partial charge in [0.15, 0.2) is 0 Å². The SMILES string of the molecule is Clc1cccc(OCc2ccccc2CNC2CC2)c1. The molecule has 104 valence electrons. The summed E-state index contributed by atoms with van der Waals surface area (Å²) in [7, 11) is 0. The molecule has 1 aliphatic carbocycles. The van der Waals surface area contributed by atoms with Crippen molar-refractivity contribution in [3.05, 3.63) is 64.7 Å². The highest BCUT2D eigenvalue weighted by Gasteiger charge is 2.20. The van der Waals surface area contributed by atoms with Crippen molar-refractivity contribution in [3.63, 3.8) is 0 Å². The van der Waals surface area contributed by atoms with E-state index in [4.69, 9.17) is 16.3 Å². The highest BCUT2D eigenvalue weighted by molar-refractivity contribution is 6.30. The number of ether oxygens (including phenoxy) is 1. The van der Waals surface area contributed by atoms with E-state index >= 15 is 0 Å². The van der Waals surface area contributed by atoms with Crippen LogP contribution in [0.3, 0.4) is 0 Å². The predicted octanol–water partition coefficient (Wildman–Crippen LogP) is 4.17. The maximum atomic E-state index is 5.96. The molecule has 20 heavy (non-hydrogen) atoms. The third-order valence-electron chi connectivity index (χ3n) is 3.47. The Morgan fingerprint density at radius 1 is 1.05 bits per heavy atom. The van der Waals surface area contributed by atoms with Gasteiger partial charge in [-0.15, -0.1) is 0 Å². The van der Waals surface area contributed by atoms with Crippen LogP contribution in [0.5, 0.6) is 5.75 Å². The highest BCUT2D eigenvalue weighted by Crippen LogP contribution is 2.21. The first-order valence-electron chi connectivity index (χ1n) is 7.00. The second-order valence-electron chi connectivity index (χ2n) is 5.17. The number of benzene rings is 2. The van der Waals surface area contributed by atoms with Gasteiger partial charge in [-0.1, -0.05) is 41.9 Å². The third-order valence-corrected chi connectivity index (χ3v) is 3.70. The molecular weight excluding hydrogens is 270 g/mol. The van der Waals surface area contributed by atoms with Crippen LogP contribution in [-0.2, 0) is 13.2 Å². The molecule has 1 saturated carbocycles. The maximum Gasteiger partial charge on any atom is 0.121 e. The van der Waals surface area contributed by atoms with Crippen molar-refractivity contribution < 1.29 is 4.74 Å². The molecule has 0 heterocycles. The first-order valence-corrected chi connectivity index (χ1v) is 7.37. The van der Waals surface area contributed by atoms with Crippen molar-refractivity contribution in [1.82, 2.24) is 5.32 Å². The van der Waals surface area contributed by atoms with Crippen LogP contribution in [0.15, 0.2) is 48.5 Å². The molecule has 3 rings (SSSR count). The van der Waals surface area contributed by atoms with Crippen molar-refractivity contribution in [3.8, 4) is 5.75 Å². The van der Waals surface area contributed by atoms with Gasteiger partial charge >= 0.3 is 0 Å². The summed E-state index contributed by atoms with van der Waals surface area (Å²) in [6.45, 7) is 1.49. The number of nitrogens with one attached hydrogen (secondary N) is 1. The first-order chi connectivity index (χ1) is 9.81. The lowest BCUT2D eigenvalue weighted by molar-refractivity contribution is 0.304. The van der Waals surface area contributed by atoms with Gasteiger partial charge in [0.1, 0.15) is 12.4 Å². The van der Waals surface area contributed by atoms with Gasteiger partial charge in [-0.3, -0.25) is 0 Å². The van der Waals surface area contributed by atoms with Crippen LogP contribution in [0.2, 0.25) is 5.02 Å². The van der Waals surface area contributed by atoms with E-state index in [2.05, 4.69) is 29.6 Å². The summed E-state index contributed by atoms with van der Waals surface area (Å²) < 4.78 is 5.82. The molecule has 0 saturated heterocycles. The largest absolute Gasteiger partial charge is 0.489 e. The molecule has 0 spiro atoms. The van der Waals surface area contributed by atoms with E-state index in [0.717, 1.165) is 18.3 Å². The van der Waals surface area contributed by atoms with Gasteiger partial charge in [0, 0.05) is 17.6 Å². The number of hydrogen-bond acceptors (Lipinski definition) is 2. The fourth-order valence-electron chi connectivity index (χ4n) is 2.13. The Morgan fingerprint density at radius 3 is 2.60 bits per heavy atom. The second kappa shape index (κ2) is 6.29. The highest BCUT2D eigenvalue weighted by atomic mass is 35.5. The van der Waals surface area contributed by atoms with Gasteiger partial charge in [0.2, 0.25) is 0 Å². The van der Waals surface area contributed by atoms with E-state index in [1.165, 1.54) is 24.0 Å². The van der Waals surface area contributed by atoms with Gasteiger partial charge in [-0.25, -0.2) is 0 Å². The molecule has 0 aliphatic heterocycles. The summed E-state index contributed by atoms with van der Waals surface area (Å²) in [6, 6.07) is 16.6. The molecule has 3 heteroatoms. The Morgan fingerprint density at radius 2 is 1.85 bits per heavy atom. The zero-order valence-electron chi connectivity index (χ0n) is 11.3. The summed E-state index contributed by atoms with van der Waals surface area (Å²) in [5, 5.41) is 4.24. The molecule has 2 nitrogen and oxygen atoms in total. The minimum Gasteiger partial charge on any atom is -0.489 e. The Labute approximate surface area is 124 Å². The molecule has 2 aromatic rings. The maximum absolute atomic E-state index is 5.96. The molecule has 0 unspecified atom stereocenters. The van der Waals surface area contributed by atoms with Gasteiger partial charge in [0.25, 0.3) is 0 Å². The van der Waals surface area contributed by atoms with Gasteiger partial charge in [0.05, 0.1) is 0 Å². The molecule has 1 fully saturated rings. The molecule has 0 aromatic heterocycles. The fourth-order valence-corrected chi connectivity index (χ4v) is 2.31. The van der Waals surface area contributed by atoms with E-state index in [1.54, 1.807) is 0 Å². The zero-order chi connectivity index (χ0) is 13.8. The average molecular weight is 288 g/mol. The third kappa shape index (κ3) is 3.75. The molecule has 0 bridgehead atoms. The van der Waals surface area contributed by atoms with Crippen LogP contribution in [0.1, 0.15) is 24.0 Å². The molecule has 0 atom stereocenters. The summed E-state index contributed by atoms with van der Waals surface area (Å²) >= 11 is 5.96. The van der Waals surface area contributed by atoms with Crippen molar-refractivity contribution in [1.29, 1.82) is 0 Å². The Hall–Kier alpha value is -1.51. The van der Waals surface area contributed by atoms with Gasteiger partial charge in [-0.05, 0) is 42.2 Å². The van der Waals surface area contributed by atoms with Crippen molar-refractivity contribution >= 4 is 11.6 Å². The van der Waals surface area contributed by atoms with E-state index < -0.39 is 0 Å². The summed E-state index contributed by atoms with van der Waals surface area (Å²) in [4.78, 5) is 0. The number of rotatable bonds is 6. The number of halogens is 1. The van der Waals surface area contributed by atoms with E-state index in [9.17, 15) is 0 Å². The molecule has 0 radical (unpaired) electrons. The smallest absolute Gasteiger partial charge is 0.121 e. The monoisotopic (exact) mass is 287 g/mol. The normalized spacial score (nSPS) is 14.2.